The Hall–Kier alpha value is -4.82. The Balaban J connectivity index is 1.58. The van der Waals surface area contributed by atoms with Crippen molar-refractivity contribution in [2.75, 3.05) is 19.5 Å². The van der Waals surface area contributed by atoms with E-state index in [-0.39, 0.29) is 55.6 Å². The molecule has 3 heterocycles. The summed E-state index contributed by atoms with van der Waals surface area (Å²) in [5.41, 5.74) is 0.554. The highest BCUT2D eigenvalue weighted by Gasteiger charge is 2.23. The largest absolute Gasteiger partial charge is 0.495 e. The Kier molecular flexibility index (Phi) is 6.95. The Morgan fingerprint density at radius 2 is 1.75 bits per heavy atom. The predicted molar refractivity (Wildman–Crippen MR) is 148 cm³/mol. The van der Waals surface area contributed by atoms with Crippen LogP contribution in [0.15, 0.2) is 41.3 Å². The van der Waals surface area contributed by atoms with Gasteiger partial charge in [-0.25, -0.2) is 9.67 Å². The molecule has 0 radical (unpaired) electrons. The van der Waals surface area contributed by atoms with Gasteiger partial charge in [-0.1, -0.05) is 23.2 Å². The minimum atomic E-state index is -0.547. The van der Waals surface area contributed by atoms with Gasteiger partial charge in [0, 0.05) is 48.9 Å². The lowest BCUT2D eigenvalue weighted by molar-refractivity contribution is -0.383. The summed E-state index contributed by atoms with van der Waals surface area (Å²) >= 11 is 13.1. The molecule has 0 saturated heterocycles. The molecule has 5 aromatic rings. The van der Waals surface area contributed by atoms with Crippen molar-refractivity contribution in [3.05, 3.63) is 67.0 Å². The lowest BCUT2D eigenvalue weighted by Crippen LogP contribution is -2.20. The number of tetrazole rings is 1. The Morgan fingerprint density at radius 1 is 1.05 bits per heavy atom. The Bertz CT molecular complexity index is 1840. The average Bonchev–Trinajstić information content (AvgIpc) is 3.37. The summed E-state index contributed by atoms with van der Waals surface area (Å²) in [7, 11) is 6.02. The summed E-state index contributed by atoms with van der Waals surface area (Å²) in [6.07, 6.45) is 1.47. The molecular formula is C24H19Cl2N9O5. The molecule has 0 unspecified atom stereocenters. The maximum absolute atomic E-state index is 13.5. The fourth-order valence-electron chi connectivity index (χ4n) is 4.13. The highest BCUT2D eigenvalue weighted by Crippen LogP contribution is 2.45. The molecule has 0 amide bonds. The molecule has 0 spiro atoms. The second-order valence-electron chi connectivity index (χ2n) is 8.42. The van der Waals surface area contributed by atoms with Crippen molar-refractivity contribution < 1.29 is 14.4 Å². The summed E-state index contributed by atoms with van der Waals surface area (Å²) in [5, 5.41) is 26.6. The van der Waals surface area contributed by atoms with Crippen LogP contribution < -0.4 is 20.3 Å². The van der Waals surface area contributed by atoms with E-state index >= 15 is 0 Å². The van der Waals surface area contributed by atoms with Gasteiger partial charge >= 0.3 is 0 Å². The smallest absolute Gasteiger partial charge is 0.293 e. The molecule has 0 aliphatic rings. The second-order valence-corrected chi connectivity index (χ2v) is 9.17. The molecule has 3 aromatic heterocycles. The van der Waals surface area contributed by atoms with Crippen LogP contribution in [0, 0.1) is 10.1 Å². The van der Waals surface area contributed by atoms with E-state index in [4.69, 9.17) is 32.7 Å². The third kappa shape index (κ3) is 4.52. The lowest BCUT2D eigenvalue weighted by Gasteiger charge is -2.16. The van der Waals surface area contributed by atoms with Gasteiger partial charge in [0.15, 0.2) is 5.82 Å². The van der Waals surface area contributed by atoms with Crippen LogP contribution >= 0.6 is 23.2 Å². The molecule has 14 nitrogen and oxygen atoms in total. The van der Waals surface area contributed by atoms with Gasteiger partial charge in [0.2, 0.25) is 5.95 Å². The van der Waals surface area contributed by atoms with Gasteiger partial charge in [-0.15, -0.1) is 5.10 Å². The fourth-order valence-corrected chi connectivity index (χ4v) is 4.83. The number of aromatic nitrogens is 7. The van der Waals surface area contributed by atoms with Gasteiger partial charge in [0.05, 0.1) is 34.8 Å². The zero-order valence-corrected chi connectivity index (χ0v) is 22.9. The van der Waals surface area contributed by atoms with Crippen molar-refractivity contribution in [2.24, 2.45) is 14.1 Å². The number of anilines is 2. The average molecular weight is 584 g/mol. The molecule has 0 fully saturated rings. The number of nitro benzene ring substituents is 1. The highest BCUT2D eigenvalue weighted by atomic mass is 35.5. The van der Waals surface area contributed by atoms with Crippen molar-refractivity contribution in [1.29, 1.82) is 0 Å². The van der Waals surface area contributed by atoms with Gasteiger partial charge in [-0.3, -0.25) is 19.5 Å². The number of pyridine rings is 1. The molecule has 0 aliphatic heterocycles. The van der Waals surface area contributed by atoms with Crippen molar-refractivity contribution in [3.63, 3.8) is 0 Å². The summed E-state index contributed by atoms with van der Waals surface area (Å²) in [5.74, 6) is 0.944. The molecule has 0 saturated carbocycles. The molecule has 16 heteroatoms. The number of ether oxygens (including phenoxy) is 2. The number of hydrogen-bond donors (Lipinski definition) is 1. The van der Waals surface area contributed by atoms with Crippen LogP contribution in [0.1, 0.15) is 0 Å². The van der Waals surface area contributed by atoms with Crippen LogP contribution in [0.3, 0.4) is 0 Å². The summed E-state index contributed by atoms with van der Waals surface area (Å²) in [4.78, 5) is 33.5. The zero-order chi connectivity index (χ0) is 28.7. The summed E-state index contributed by atoms with van der Waals surface area (Å²) < 4.78 is 13.3. The number of halogens is 2. The SMILES string of the molecule is COc1cc(OC)c(Cl)c(-c2cc3cnc(Nc4ccc(-c5nnnn5C)cc4[N+](=O)[O-])nc3n(C)c2=O)c1Cl. The first-order valence-electron chi connectivity index (χ1n) is 11.4. The van der Waals surface area contributed by atoms with Crippen LogP contribution in [0.5, 0.6) is 11.5 Å². The zero-order valence-electron chi connectivity index (χ0n) is 21.3. The minimum Gasteiger partial charge on any atom is -0.495 e. The normalized spacial score (nSPS) is 11.1. The van der Waals surface area contributed by atoms with E-state index in [9.17, 15) is 14.9 Å². The van der Waals surface area contributed by atoms with Crippen molar-refractivity contribution in [3.8, 4) is 34.0 Å². The van der Waals surface area contributed by atoms with Crippen molar-refractivity contribution in [2.45, 2.75) is 0 Å². The molecule has 0 aliphatic carbocycles. The number of hydrogen-bond acceptors (Lipinski definition) is 11. The number of aryl methyl sites for hydroxylation is 2. The van der Waals surface area contributed by atoms with Gasteiger partial charge < -0.3 is 14.8 Å². The van der Waals surface area contributed by atoms with E-state index in [1.807, 2.05) is 0 Å². The van der Waals surface area contributed by atoms with Gasteiger partial charge in [0.1, 0.15) is 22.8 Å². The van der Waals surface area contributed by atoms with Crippen LogP contribution in [-0.2, 0) is 14.1 Å². The number of benzene rings is 2. The van der Waals surface area contributed by atoms with Crippen LogP contribution in [0.4, 0.5) is 17.3 Å². The molecule has 40 heavy (non-hydrogen) atoms. The first kappa shape index (κ1) is 26.8. The fraction of sp³-hybridized carbons (Fsp3) is 0.167. The Labute approximate surface area is 235 Å². The van der Waals surface area contributed by atoms with E-state index in [1.54, 1.807) is 19.2 Å². The standard InChI is InChI=1S/C24H19Cl2N9O5/c1-33-21-12(7-13(23(33)36)18-19(25)16(39-3)9-17(40-4)20(18)26)10-27-24(29-21)28-14-6-5-11(8-15(14)35(37)38)22-30-31-32-34(22)2/h5-10H,1-4H3,(H,27,28,29). The summed E-state index contributed by atoms with van der Waals surface area (Å²) in [6.45, 7) is 0. The first-order valence-corrected chi connectivity index (χ1v) is 12.2. The van der Waals surface area contributed by atoms with Crippen LogP contribution in [-0.4, -0.2) is 53.9 Å². The number of nitro groups is 1. The number of fused-ring (bicyclic) bond motifs is 1. The number of rotatable bonds is 7. The first-order chi connectivity index (χ1) is 19.1. The van der Waals surface area contributed by atoms with E-state index < -0.39 is 10.5 Å². The number of methoxy groups -OCH3 is 2. The molecule has 5 rings (SSSR count). The topological polar surface area (TPSA) is 165 Å². The van der Waals surface area contributed by atoms with Gasteiger partial charge in [0.25, 0.3) is 11.2 Å². The van der Waals surface area contributed by atoms with Crippen LogP contribution in [0.2, 0.25) is 10.0 Å². The van der Waals surface area contributed by atoms with E-state index in [0.29, 0.717) is 16.8 Å². The third-order valence-corrected chi connectivity index (χ3v) is 6.86. The molecule has 1 N–H and O–H groups in total. The van der Waals surface area contributed by atoms with Crippen molar-refractivity contribution >= 4 is 51.6 Å². The van der Waals surface area contributed by atoms with Gasteiger partial charge in [-0.05, 0) is 28.6 Å². The molecule has 0 bridgehead atoms. The summed E-state index contributed by atoms with van der Waals surface area (Å²) in [6, 6.07) is 7.54. The quantitative estimate of drug-likeness (QED) is 0.216. The maximum atomic E-state index is 13.5. The van der Waals surface area contributed by atoms with Gasteiger partial charge in [-0.2, -0.15) is 4.98 Å². The predicted octanol–water partition coefficient (Wildman–Crippen LogP) is 4.16. The number of nitrogens with one attached hydrogen (secondary N) is 1. The Morgan fingerprint density at radius 3 is 2.35 bits per heavy atom. The third-order valence-electron chi connectivity index (χ3n) is 6.11. The maximum Gasteiger partial charge on any atom is 0.293 e. The monoisotopic (exact) mass is 583 g/mol. The van der Waals surface area contributed by atoms with Crippen LogP contribution in [0.25, 0.3) is 33.5 Å². The molecule has 2 aromatic carbocycles. The van der Waals surface area contributed by atoms with Crippen molar-refractivity contribution in [1.82, 2.24) is 34.7 Å². The van der Waals surface area contributed by atoms with E-state index in [0.717, 1.165) is 0 Å². The molecule has 0 atom stereocenters. The van der Waals surface area contributed by atoms with E-state index in [2.05, 4.69) is 30.8 Å². The highest BCUT2D eigenvalue weighted by molar-refractivity contribution is 6.41. The molecule has 204 valence electrons. The van der Waals surface area contributed by atoms with E-state index in [1.165, 1.54) is 54.9 Å². The lowest BCUT2D eigenvalue weighted by atomic mass is 10.0. The number of nitrogens with zero attached hydrogens (tertiary/aromatic N) is 8. The minimum absolute atomic E-state index is 0.0329. The molecular weight excluding hydrogens is 565 g/mol. The second kappa shape index (κ2) is 10.4.